The highest BCUT2D eigenvalue weighted by Crippen LogP contribution is 2.21. The Balaban J connectivity index is 1.75. The van der Waals surface area contributed by atoms with Crippen molar-refractivity contribution in [2.75, 3.05) is 5.32 Å². The molecule has 0 fully saturated rings. The monoisotopic (exact) mass is 451 g/mol. The number of aromatic nitrogens is 1. The van der Waals surface area contributed by atoms with Gasteiger partial charge in [0.1, 0.15) is 11.6 Å². The largest absolute Gasteiger partial charge is 0.444 e. The van der Waals surface area contributed by atoms with E-state index >= 15 is 0 Å². The van der Waals surface area contributed by atoms with E-state index in [9.17, 15) is 9.59 Å². The zero-order chi connectivity index (χ0) is 23.1. The van der Waals surface area contributed by atoms with Crippen molar-refractivity contribution in [3.8, 4) is 11.1 Å². The highest BCUT2D eigenvalue weighted by atomic mass is 35.5. The number of ether oxygens (including phenoxy) is 1. The van der Waals surface area contributed by atoms with Gasteiger partial charge in [0.15, 0.2) is 0 Å². The molecule has 32 heavy (non-hydrogen) atoms. The molecule has 3 rings (SSSR count). The van der Waals surface area contributed by atoms with Gasteiger partial charge in [0.05, 0.1) is 0 Å². The van der Waals surface area contributed by atoms with Gasteiger partial charge in [-0.3, -0.25) is 9.78 Å². The number of hydrogen-bond acceptors (Lipinski definition) is 4. The molecule has 0 aliphatic heterocycles. The first kappa shape index (κ1) is 23.3. The fourth-order valence-corrected chi connectivity index (χ4v) is 3.28. The maximum absolute atomic E-state index is 13.1. The predicted molar refractivity (Wildman–Crippen MR) is 127 cm³/mol. The number of amides is 2. The summed E-state index contributed by atoms with van der Waals surface area (Å²) in [5.74, 6) is -0.368. The lowest BCUT2D eigenvalue weighted by Gasteiger charge is -2.23. The Morgan fingerprint density at radius 1 is 0.969 bits per heavy atom. The predicted octanol–water partition coefficient (Wildman–Crippen LogP) is 5.48. The number of hydrogen-bond donors (Lipinski definition) is 2. The van der Waals surface area contributed by atoms with Crippen LogP contribution < -0.4 is 10.6 Å². The van der Waals surface area contributed by atoms with Crippen molar-refractivity contribution in [3.63, 3.8) is 0 Å². The minimum absolute atomic E-state index is 0.222. The van der Waals surface area contributed by atoms with Crippen molar-refractivity contribution in [1.82, 2.24) is 10.3 Å². The van der Waals surface area contributed by atoms with Crippen LogP contribution in [0.1, 0.15) is 26.3 Å². The van der Waals surface area contributed by atoms with Crippen molar-refractivity contribution in [2.24, 2.45) is 0 Å². The van der Waals surface area contributed by atoms with E-state index in [1.165, 1.54) is 0 Å². The van der Waals surface area contributed by atoms with Gasteiger partial charge in [0.2, 0.25) is 5.91 Å². The third-order valence-electron chi connectivity index (χ3n) is 4.56. The highest BCUT2D eigenvalue weighted by molar-refractivity contribution is 6.31. The molecule has 1 heterocycles. The number of benzene rings is 2. The number of nitrogens with one attached hydrogen (secondary N) is 2. The number of nitrogens with zero attached hydrogens (tertiary/aromatic N) is 1. The normalized spacial score (nSPS) is 12.0. The van der Waals surface area contributed by atoms with Gasteiger partial charge in [-0.25, -0.2) is 4.79 Å². The first-order valence-electron chi connectivity index (χ1n) is 10.3. The number of pyridine rings is 1. The molecule has 0 bridgehead atoms. The molecule has 0 aliphatic carbocycles. The molecule has 0 saturated heterocycles. The van der Waals surface area contributed by atoms with Gasteiger partial charge in [-0.05, 0) is 67.8 Å². The Morgan fingerprint density at radius 3 is 2.22 bits per heavy atom. The number of halogens is 1. The summed E-state index contributed by atoms with van der Waals surface area (Å²) >= 11 is 6.27. The van der Waals surface area contributed by atoms with E-state index in [-0.39, 0.29) is 12.3 Å². The molecule has 0 aliphatic rings. The molecule has 2 aromatic carbocycles. The summed E-state index contributed by atoms with van der Waals surface area (Å²) in [6.07, 6.45) is 3.01. The van der Waals surface area contributed by atoms with Crippen LogP contribution in [0, 0.1) is 0 Å². The Morgan fingerprint density at radius 2 is 1.59 bits per heavy atom. The zero-order valence-electron chi connectivity index (χ0n) is 18.3. The van der Waals surface area contributed by atoms with Crippen LogP contribution in [-0.4, -0.2) is 28.6 Å². The van der Waals surface area contributed by atoms with Crippen LogP contribution in [0.4, 0.5) is 10.5 Å². The second kappa shape index (κ2) is 10.3. The van der Waals surface area contributed by atoms with Crippen LogP contribution in [0.2, 0.25) is 5.02 Å². The van der Waals surface area contributed by atoms with Crippen LogP contribution in [0.5, 0.6) is 0 Å². The van der Waals surface area contributed by atoms with Crippen molar-refractivity contribution in [3.05, 3.63) is 83.6 Å². The fraction of sp³-hybridized carbons (Fsp3) is 0.240. The second-order valence-electron chi connectivity index (χ2n) is 8.30. The minimum atomic E-state index is -0.871. The van der Waals surface area contributed by atoms with E-state index in [1.54, 1.807) is 39.2 Å². The summed E-state index contributed by atoms with van der Waals surface area (Å²) in [6.45, 7) is 5.29. The molecule has 166 valence electrons. The number of carbonyl (C=O) groups is 2. The molecular weight excluding hydrogens is 426 g/mol. The van der Waals surface area contributed by atoms with Crippen LogP contribution in [-0.2, 0) is 16.0 Å². The topological polar surface area (TPSA) is 80.3 Å². The average Bonchev–Trinajstić information content (AvgIpc) is 2.74. The average molecular weight is 452 g/mol. The van der Waals surface area contributed by atoms with E-state index in [0.29, 0.717) is 10.7 Å². The summed E-state index contributed by atoms with van der Waals surface area (Å²) in [7, 11) is 0. The van der Waals surface area contributed by atoms with Gasteiger partial charge in [0.25, 0.3) is 0 Å². The van der Waals surface area contributed by atoms with E-state index in [4.69, 9.17) is 16.3 Å². The first-order valence-corrected chi connectivity index (χ1v) is 10.6. The van der Waals surface area contributed by atoms with Crippen LogP contribution in [0.3, 0.4) is 0 Å². The summed E-state index contributed by atoms with van der Waals surface area (Å²) < 4.78 is 5.33. The number of rotatable bonds is 6. The summed E-state index contributed by atoms with van der Waals surface area (Å²) in [5, 5.41) is 6.06. The van der Waals surface area contributed by atoms with E-state index in [0.717, 1.165) is 16.7 Å². The lowest BCUT2D eigenvalue weighted by molar-refractivity contribution is -0.118. The summed E-state index contributed by atoms with van der Waals surface area (Å²) in [5.41, 5.74) is 2.71. The van der Waals surface area contributed by atoms with E-state index in [2.05, 4.69) is 15.6 Å². The van der Waals surface area contributed by atoms with Gasteiger partial charge in [-0.2, -0.15) is 0 Å². The Hall–Kier alpha value is -3.38. The van der Waals surface area contributed by atoms with E-state index < -0.39 is 17.7 Å². The summed E-state index contributed by atoms with van der Waals surface area (Å²) in [6, 6.07) is 17.6. The Kier molecular flexibility index (Phi) is 7.49. The van der Waals surface area contributed by atoms with Gasteiger partial charge < -0.3 is 15.4 Å². The molecule has 6 nitrogen and oxygen atoms in total. The number of carbonyl (C=O) groups excluding carboxylic acids is 2. The highest BCUT2D eigenvalue weighted by Gasteiger charge is 2.25. The van der Waals surface area contributed by atoms with Gasteiger partial charge >= 0.3 is 6.09 Å². The van der Waals surface area contributed by atoms with Gasteiger partial charge in [0, 0.05) is 29.5 Å². The molecule has 7 heteroatoms. The van der Waals surface area contributed by atoms with Gasteiger partial charge in [-0.15, -0.1) is 0 Å². The van der Waals surface area contributed by atoms with Crippen molar-refractivity contribution < 1.29 is 14.3 Å². The number of anilines is 1. The third-order valence-corrected chi connectivity index (χ3v) is 4.92. The Bertz CT molecular complexity index is 1060. The maximum Gasteiger partial charge on any atom is 0.408 e. The van der Waals surface area contributed by atoms with Crippen LogP contribution >= 0.6 is 11.6 Å². The van der Waals surface area contributed by atoms with Crippen molar-refractivity contribution in [1.29, 1.82) is 0 Å². The molecule has 0 unspecified atom stereocenters. The first-order chi connectivity index (χ1) is 15.2. The van der Waals surface area contributed by atoms with E-state index in [1.807, 2.05) is 54.6 Å². The SMILES string of the molecule is CC(C)(C)OC(=O)N[C@H](Cc1ccccc1Cl)C(=O)Nc1ccc(-c2ccncc2)cc1. The molecule has 0 spiro atoms. The Labute approximate surface area is 193 Å². The fourth-order valence-electron chi connectivity index (χ4n) is 3.06. The second-order valence-corrected chi connectivity index (χ2v) is 8.70. The van der Waals surface area contributed by atoms with Gasteiger partial charge in [-0.1, -0.05) is 41.9 Å². The molecular formula is C25H26ClN3O3. The molecule has 3 aromatic rings. The zero-order valence-corrected chi connectivity index (χ0v) is 19.0. The van der Waals surface area contributed by atoms with Crippen LogP contribution in [0.25, 0.3) is 11.1 Å². The molecule has 0 saturated carbocycles. The number of alkyl carbamates (subject to hydrolysis) is 1. The maximum atomic E-state index is 13.1. The third kappa shape index (κ3) is 6.82. The van der Waals surface area contributed by atoms with Crippen LogP contribution in [0.15, 0.2) is 73.1 Å². The van der Waals surface area contributed by atoms with Crippen molar-refractivity contribution >= 4 is 29.3 Å². The smallest absolute Gasteiger partial charge is 0.408 e. The molecule has 2 N–H and O–H groups in total. The van der Waals surface area contributed by atoms with Crippen molar-refractivity contribution in [2.45, 2.75) is 38.8 Å². The molecule has 0 radical (unpaired) electrons. The standard InChI is InChI=1S/C25H26ClN3O3/c1-25(2,3)32-24(31)29-22(16-19-6-4-5-7-21(19)26)23(30)28-20-10-8-17(9-11-20)18-12-14-27-15-13-18/h4-15,22H,16H2,1-3H3,(H,28,30)(H,29,31)/t22-/m1/s1. The molecule has 1 aromatic heterocycles. The quantitative estimate of drug-likeness (QED) is 0.520. The minimum Gasteiger partial charge on any atom is -0.444 e. The lowest BCUT2D eigenvalue weighted by atomic mass is 10.0. The lowest BCUT2D eigenvalue weighted by Crippen LogP contribution is -2.47. The summed E-state index contributed by atoms with van der Waals surface area (Å²) in [4.78, 5) is 29.4. The molecule has 2 amide bonds. The molecule has 1 atom stereocenters.